The second-order valence-electron chi connectivity index (χ2n) is 4.40. The van der Waals surface area contributed by atoms with Gasteiger partial charge in [-0.2, -0.15) is 0 Å². The lowest BCUT2D eigenvalue weighted by Gasteiger charge is -2.16. The lowest BCUT2D eigenvalue weighted by molar-refractivity contribution is 0.501. The third kappa shape index (κ3) is 10.3. The highest BCUT2D eigenvalue weighted by Crippen LogP contribution is 2.29. The van der Waals surface area contributed by atoms with Crippen molar-refractivity contribution >= 4 is 16.3 Å². The molecule has 1 atom stereocenters. The molecule has 0 amide bonds. The summed E-state index contributed by atoms with van der Waals surface area (Å²) in [5.74, 6) is 0. The van der Waals surface area contributed by atoms with Crippen LogP contribution in [0.3, 0.4) is 0 Å². The quantitative estimate of drug-likeness (QED) is 0.371. The fourth-order valence-corrected chi connectivity index (χ4v) is 4.77. The van der Waals surface area contributed by atoms with Crippen LogP contribution in [-0.4, -0.2) is 14.5 Å². The smallest absolute Gasteiger partial charge is 0.192 e. The molecule has 0 radical (unpaired) electrons. The van der Waals surface area contributed by atoms with Gasteiger partial charge < -0.3 is 4.21 Å². The minimum absolute atomic E-state index is 0.787. The number of unbranched alkanes of at least 4 members (excludes halogenated alkanes) is 3. The van der Waals surface area contributed by atoms with Crippen molar-refractivity contribution in [3.8, 4) is 0 Å². The van der Waals surface area contributed by atoms with Gasteiger partial charge >= 0.3 is 0 Å². The highest BCUT2D eigenvalue weighted by Gasteiger charge is 2.17. The molecule has 2 nitrogen and oxygen atoms in total. The zero-order valence-electron chi connectivity index (χ0n) is 9.35. The van der Waals surface area contributed by atoms with Crippen molar-refractivity contribution in [1.29, 1.82) is 0 Å². The van der Waals surface area contributed by atoms with E-state index in [1.54, 1.807) is 0 Å². The van der Waals surface area contributed by atoms with E-state index in [1.165, 1.54) is 19.3 Å². The fourth-order valence-electron chi connectivity index (χ4n) is 1.09. The van der Waals surface area contributed by atoms with Crippen molar-refractivity contribution < 1.29 is 8.78 Å². The SMILES string of the molecule is CCCCCC[PH](=O)O[Si](C)(C)C. The van der Waals surface area contributed by atoms with E-state index in [9.17, 15) is 4.57 Å². The third-order valence-corrected chi connectivity index (χ3v) is 5.78. The van der Waals surface area contributed by atoms with E-state index in [1.807, 2.05) is 0 Å². The molecular weight excluding hydrogens is 199 g/mol. The molecule has 0 aromatic carbocycles. The predicted molar refractivity (Wildman–Crippen MR) is 62.4 cm³/mol. The Balaban J connectivity index is 3.41. The Hall–Kier alpha value is 0.407. The summed E-state index contributed by atoms with van der Waals surface area (Å²) in [7, 11) is -3.27. The van der Waals surface area contributed by atoms with E-state index in [2.05, 4.69) is 26.6 Å². The van der Waals surface area contributed by atoms with Crippen molar-refractivity contribution in [2.24, 2.45) is 0 Å². The molecule has 0 aliphatic carbocycles. The molecule has 1 unspecified atom stereocenters. The van der Waals surface area contributed by atoms with Gasteiger partial charge in [0.25, 0.3) is 0 Å². The summed E-state index contributed by atoms with van der Waals surface area (Å²) in [6, 6.07) is 0. The molecule has 0 aliphatic rings. The second-order valence-corrected chi connectivity index (χ2v) is 10.7. The Bertz CT molecular complexity index is 154. The molecule has 0 heterocycles. The highest BCUT2D eigenvalue weighted by atomic mass is 31.1. The van der Waals surface area contributed by atoms with Crippen molar-refractivity contribution in [1.82, 2.24) is 0 Å². The maximum atomic E-state index is 11.4. The van der Waals surface area contributed by atoms with Crippen molar-refractivity contribution in [2.75, 3.05) is 6.16 Å². The maximum Gasteiger partial charge on any atom is 0.192 e. The predicted octanol–water partition coefficient (Wildman–Crippen LogP) is 3.89. The van der Waals surface area contributed by atoms with Gasteiger partial charge in [-0.1, -0.05) is 26.2 Å². The summed E-state index contributed by atoms with van der Waals surface area (Å²) in [6.07, 6.45) is 5.53. The summed E-state index contributed by atoms with van der Waals surface area (Å²) in [5, 5.41) is 0. The Morgan fingerprint density at radius 1 is 1.15 bits per heavy atom. The molecule has 0 rings (SSSR count). The molecule has 13 heavy (non-hydrogen) atoms. The molecule has 0 fully saturated rings. The minimum Gasteiger partial charge on any atom is -0.372 e. The molecule has 0 spiro atoms. The van der Waals surface area contributed by atoms with E-state index in [4.69, 9.17) is 4.21 Å². The normalized spacial score (nSPS) is 14.5. The van der Waals surface area contributed by atoms with E-state index in [-0.39, 0.29) is 0 Å². The first-order chi connectivity index (χ1) is 5.95. The monoisotopic (exact) mass is 222 g/mol. The van der Waals surface area contributed by atoms with Crippen LogP contribution in [0, 0.1) is 0 Å². The molecule has 4 heteroatoms. The van der Waals surface area contributed by atoms with Gasteiger partial charge in [0, 0.05) is 6.16 Å². The molecule has 0 bridgehead atoms. The van der Waals surface area contributed by atoms with Crippen LogP contribution in [0.1, 0.15) is 32.6 Å². The third-order valence-electron chi connectivity index (χ3n) is 1.65. The lowest BCUT2D eigenvalue weighted by atomic mass is 10.2. The second kappa shape index (κ2) is 6.80. The Morgan fingerprint density at radius 2 is 1.77 bits per heavy atom. The van der Waals surface area contributed by atoms with Crippen LogP contribution in [-0.2, 0) is 8.78 Å². The number of hydrogen-bond acceptors (Lipinski definition) is 2. The summed E-state index contributed by atoms with van der Waals surface area (Å²) in [4.78, 5) is 0. The topological polar surface area (TPSA) is 26.3 Å². The van der Waals surface area contributed by atoms with E-state index in [0.717, 1.165) is 12.6 Å². The van der Waals surface area contributed by atoms with Crippen molar-refractivity contribution in [2.45, 2.75) is 52.2 Å². The Labute approximate surface area is 84.1 Å². The van der Waals surface area contributed by atoms with Gasteiger partial charge in [0.05, 0.1) is 0 Å². The highest BCUT2D eigenvalue weighted by molar-refractivity contribution is 7.41. The Kier molecular flexibility index (Phi) is 7.01. The van der Waals surface area contributed by atoms with Crippen LogP contribution >= 0.6 is 8.03 Å². The molecular formula is C9H23O2PSi. The molecule has 80 valence electrons. The first-order valence-electron chi connectivity index (χ1n) is 5.17. The summed E-state index contributed by atoms with van der Waals surface area (Å²) in [5.41, 5.74) is 0. The van der Waals surface area contributed by atoms with Crippen LogP contribution in [0.25, 0.3) is 0 Å². The van der Waals surface area contributed by atoms with Gasteiger partial charge in [-0.15, -0.1) is 0 Å². The fraction of sp³-hybridized carbons (Fsp3) is 1.00. The molecule has 0 N–H and O–H groups in total. The van der Waals surface area contributed by atoms with Crippen molar-refractivity contribution in [3.05, 3.63) is 0 Å². The average Bonchev–Trinajstić information content (AvgIpc) is 1.94. The maximum absolute atomic E-state index is 11.4. The number of hydrogen-bond donors (Lipinski definition) is 0. The van der Waals surface area contributed by atoms with Gasteiger partial charge in [-0.25, -0.2) is 0 Å². The number of rotatable bonds is 7. The van der Waals surface area contributed by atoms with Gasteiger partial charge in [-0.3, -0.25) is 4.57 Å². The summed E-state index contributed by atoms with van der Waals surface area (Å²) < 4.78 is 16.9. The van der Waals surface area contributed by atoms with Crippen molar-refractivity contribution in [3.63, 3.8) is 0 Å². The van der Waals surface area contributed by atoms with Crippen LogP contribution in [0.5, 0.6) is 0 Å². The van der Waals surface area contributed by atoms with Gasteiger partial charge in [0.1, 0.15) is 0 Å². The van der Waals surface area contributed by atoms with Crippen LogP contribution in [0.15, 0.2) is 0 Å². The standard InChI is InChI=1S/C9H23O2PSi/c1-5-6-7-8-9-12(10)11-13(2,3)4/h12H,5-9H2,1-4H3. The summed E-state index contributed by atoms with van der Waals surface area (Å²) >= 11 is 0. The average molecular weight is 222 g/mol. The lowest BCUT2D eigenvalue weighted by Crippen LogP contribution is -2.21. The van der Waals surface area contributed by atoms with Gasteiger partial charge in [-0.05, 0) is 26.1 Å². The van der Waals surface area contributed by atoms with Gasteiger partial charge in [0.2, 0.25) is 0 Å². The largest absolute Gasteiger partial charge is 0.372 e. The van der Waals surface area contributed by atoms with E-state index >= 15 is 0 Å². The Morgan fingerprint density at radius 3 is 2.23 bits per heavy atom. The van der Waals surface area contributed by atoms with Crippen LogP contribution in [0.4, 0.5) is 0 Å². The zero-order chi connectivity index (χ0) is 10.3. The molecule has 0 saturated carbocycles. The first-order valence-corrected chi connectivity index (χ1v) is 10.1. The first kappa shape index (κ1) is 13.4. The molecule has 0 aliphatic heterocycles. The van der Waals surface area contributed by atoms with E-state index in [0.29, 0.717) is 0 Å². The zero-order valence-corrected chi connectivity index (χ0v) is 11.4. The minimum atomic E-state index is -1.72. The van der Waals surface area contributed by atoms with E-state index < -0.39 is 16.3 Å². The molecule has 0 aromatic heterocycles. The van der Waals surface area contributed by atoms with Crippen LogP contribution in [0.2, 0.25) is 19.6 Å². The summed E-state index contributed by atoms with van der Waals surface area (Å²) in [6.45, 7) is 8.44. The van der Waals surface area contributed by atoms with Crippen LogP contribution < -0.4 is 0 Å². The molecule has 0 saturated heterocycles. The molecule has 0 aromatic rings. The van der Waals surface area contributed by atoms with Gasteiger partial charge in [0.15, 0.2) is 16.3 Å².